The molecule has 2 aromatic heterocycles. The molecule has 170 valence electrons. The molecule has 3 atom stereocenters. The van der Waals surface area contributed by atoms with Crippen molar-refractivity contribution in [3.05, 3.63) is 59.8 Å². The Kier molecular flexibility index (Phi) is 5.97. The highest BCUT2D eigenvalue weighted by Crippen LogP contribution is 2.38. The minimum atomic E-state index is -0.547. The first kappa shape index (κ1) is 21.8. The highest BCUT2D eigenvalue weighted by atomic mass is 32.1. The molecule has 2 heterocycles. The number of para-hydroxylation sites is 1. The van der Waals surface area contributed by atoms with E-state index in [0.717, 1.165) is 37.7 Å². The molecule has 0 saturated heterocycles. The summed E-state index contributed by atoms with van der Waals surface area (Å²) in [5.74, 6) is 1.20. The second-order valence-electron chi connectivity index (χ2n) is 8.68. The summed E-state index contributed by atoms with van der Waals surface area (Å²) in [6, 6.07) is 15.9. The van der Waals surface area contributed by atoms with Crippen molar-refractivity contribution in [1.82, 2.24) is 15.0 Å². The monoisotopic (exact) mass is 461 g/mol. The van der Waals surface area contributed by atoms with E-state index >= 15 is 0 Å². The Balaban J connectivity index is 1.56. The van der Waals surface area contributed by atoms with Crippen LogP contribution in [0, 0.1) is 19.8 Å². The largest absolute Gasteiger partial charge is 0.396 e. The number of hydrogen-bond donors (Lipinski definition) is 4. The van der Waals surface area contributed by atoms with Crippen LogP contribution in [0.2, 0.25) is 0 Å². The zero-order valence-corrected chi connectivity index (χ0v) is 19.4. The van der Waals surface area contributed by atoms with Gasteiger partial charge in [-0.1, -0.05) is 24.3 Å². The number of aliphatic hydroxyl groups is 2. The van der Waals surface area contributed by atoms with Crippen molar-refractivity contribution >= 4 is 39.0 Å². The standard InChI is InChI=1S/C25H27N5O2S/c1-14-6-5-7-17(10-14)27-25-26-15(2)22(24-29-18-8-3-4-9-21(18)33-24)23(30-25)28-19-11-16(13-31)12-20(19)32/h3-10,16,19-20,31-32H,11-13H2,1-2H3,(H2,26,27,28,30)/t16-,19+,20+/m0/s1. The normalized spacial score (nSPS) is 20.3. The van der Waals surface area contributed by atoms with E-state index in [1.54, 1.807) is 11.3 Å². The van der Waals surface area contributed by atoms with E-state index in [0.29, 0.717) is 24.6 Å². The summed E-state index contributed by atoms with van der Waals surface area (Å²) in [7, 11) is 0. The van der Waals surface area contributed by atoms with E-state index in [1.807, 2.05) is 56.3 Å². The van der Waals surface area contributed by atoms with E-state index in [-0.39, 0.29) is 18.6 Å². The van der Waals surface area contributed by atoms with Crippen LogP contribution in [0.4, 0.5) is 17.5 Å². The molecule has 5 rings (SSSR count). The fourth-order valence-electron chi connectivity index (χ4n) is 4.42. The van der Waals surface area contributed by atoms with Gasteiger partial charge in [-0.25, -0.2) is 9.97 Å². The van der Waals surface area contributed by atoms with Crippen LogP contribution in [0.3, 0.4) is 0 Å². The van der Waals surface area contributed by atoms with E-state index < -0.39 is 6.10 Å². The maximum Gasteiger partial charge on any atom is 0.229 e. The van der Waals surface area contributed by atoms with Gasteiger partial charge >= 0.3 is 0 Å². The number of aliphatic hydroxyl groups excluding tert-OH is 2. The van der Waals surface area contributed by atoms with Crippen molar-refractivity contribution in [1.29, 1.82) is 0 Å². The number of rotatable bonds is 6. The Morgan fingerprint density at radius 1 is 1.03 bits per heavy atom. The topological polar surface area (TPSA) is 103 Å². The number of anilines is 3. The van der Waals surface area contributed by atoms with E-state index in [9.17, 15) is 10.2 Å². The van der Waals surface area contributed by atoms with Gasteiger partial charge < -0.3 is 20.8 Å². The summed E-state index contributed by atoms with van der Waals surface area (Å²) in [4.78, 5) is 14.4. The Morgan fingerprint density at radius 3 is 2.64 bits per heavy atom. The first-order chi connectivity index (χ1) is 16.0. The second-order valence-corrected chi connectivity index (χ2v) is 9.71. The van der Waals surface area contributed by atoms with Crippen LogP contribution in [0.1, 0.15) is 24.1 Å². The predicted octanol–water partition coefficient (Wildman–Crippen LogP) is 4.66. The average Bonchev–Trinajstić information content (AvgIpc) is 3.36. The number of benzene rings is 2. The first-order valence-corrected chi connectivity index (χ1v) is 12.0. The molecule has 7 nitrogen and oxygen atoms in total. The van der Waals surface area contributed by atoms with E-state index in [1.165, 1.54) is 0 Å². The van der Waals surface area contributed by atoms with Gasteiger partial charge in [0.15, 0.2) is 0 Å². The highest BCUT2D eigenvalue weighted by molar-refractivity contribution is 7.21. The summed E-state index contributed by atoms with van der Waals surface area (Å²) < 4.78 is 1.10. The smallest absolute Gasteiger partial charge is 0.229 e. The lowest BCUT2D eigenvalue weighted by atomic mass is 10.1. The molecule has 4 N–H and O–H groups in total. The molecule has 1 saturated carbocycles. The SMILES string of the molecule is Cc1cccc(Nc2nc(C)c(-c3nc4ccccc4s3)c(N[C@@H]3C[C@H](CO)C[C@H]3O)n2)c1. The molecule has 2 aromatic carbocycles. The third kappa shape index (κ3) is 4.55. The number of nitrogens with one attached hydrogen (secondary N) is 2. The van der Waals surface area contributed by atoms with Gasteiger partial charge in [0.1, 0.15) is 10.8 Å². The lowest BCUT2D eigenvalue weighted by Gasteiger charge is -2.20. The molecular weight excluding hydrogens is 434 g/mol. The number of fused-ring (bicyclic) bond motifs is 1. The van der Waals surface area contributed by atoms with Crippen LogP contribution in [0.15, 0.2) is 48.5 Å². The van der Waals surface area contributed by atoms with Crippen LogP contribution in [-0.2, 0) is 0 Å². The Morgan fingerprint density at radius 2 is 1.88 bits per heavy atom. The lowest BCUT2D eigenvalue weighted by Crippen LogP contribution is -2.29. The summed E-state index contributed by atoms with van der Waals surface area (Å²) in [6.45, 7) is 4.07. The second kappa shape index (κ2) is 9.05. The van der Waals surface area contributed by atoms with Gasteiger partial charge in [0.05, 0.1) is 33.6 Å². The minimum Gasteiger partial charge on any atom is -0.396 e. The van der Waals surface area contributed by atoms with Gasteiger partial charge in [-0.15, -0.1) is 11.3 Å². The maximum atomic E-state index is 10.6. The molecule has 0 spiro atoms. The Labute approximate surface area is 196 Å². The van der Waals surface area contributed by atoms with Crippen molar-refractivity contribution in [2.75, 3.05) is 17.2 Å². The molecular formula is C25H27N5O2S. The Bertz CT molecular complexity index is 1260. The van der Waals surface area contributed by atoms with Crippen molar-refractivity contribution in [2.24, 2.45) is 5.92 Å². The molecule has 1 aliphatic carbocycles. The molecule has 0 amide bonds. The molecule has 4 aromatic rings. The van der Waals surface area contributed by atoms with Crippen molar-refractivity contribution < 1.29 is 10.2 Å². The summed E-state index contributed by atoms with van der Waals surface area (Å²) in [5, 5.41) is 27.8. The fourth-order valence-corrected chi connectivity index (χ4v) is 5.48. The molecule has 0 bridgehead atoms. The average molecular weight is 462 g/mol. The number of aromatic nitrogens is 3. The van der Waals surface area contributed by atoms with Crippen molar-refractivity contribution in [2.45, 2.75) is 38.8 Å². The van der Waals surface area contributed by atoms with Gasteiger partial charge in [-0.3, -0.25) is 0 Å². The molecule has 0 aliphatic heterocycles. The van der Waals surface area contributed by atoms with E-state index in [4.69, 9.17) is 15.0 Å². The number of thiazole rings is 1. The molecule has 0 unspecified atom stereocenters. The molecule has 33 heavy (non-hydrogen) atoms. The lowest BCUT2D eigenvalue weighted by molar-refractivity contribution is 0.157. The summed E-state index contributed by atoms with van der Waals surface area (Å²) >= 11 is 1.60. The van der Waals surface area contributed by atoms with Crippen LogP contribution in [0.25, 0.3) is 20.8 Å². The zero-order valence-electron chi connectivity index (χ0n) is 18.6. The third-order valence-electron chi connectivity index (χ3n) is 6.08. The summed E-state index contributed by atoms with van der Waals surface area (Å²) in [6.07, 6.45) is 0.706. The molecule has 0 radical (unpaired) electrons. The number of aryl methyl sites for hydroxylation is 2. The van der Waals surface area contributed by atoms with Crippen LogP contribution >= 0.6 is 11.3 Å². The molecule has 1 fully saturated rings. The number of nitrogens with zero attached hydrogens (tertiary/aromatic N) is 3. The summed E-state index contributed by atoms with van der Waals surface area (Å²) in [5.41, 5.74) is 4.63. The highest BCUT2D eigenvalue weighted by Gasteiger charge is 2.33. The third-order valence-corrected chi connectivity index (χ3v) is 7.13. The van der Waals surface area contributed by atoms with Crippen molar-refractivity contribution in [3.63, 3.8) is 0 Å². The van der Waals surface area contributed by atoms with Gasteiger partial charge in [0.25, 0.3) is 0 Å². The quantitative estimate of drug-likeness (QED) is 0.331. The van der Waals surface area contributed by atoms with Crippen LogP contribution in [-0.4, -0.2) is 43.9 Å². The van der Waals surface area contributed by atoms with Gasteiger partial charge in [0.2, 0.25) is 5.95 Å². The molecule has 8 heteroatoms. The number of hydrogen-bond acceptors (Lipinski definition) is 8. The molecule has 1 aliphatic rings. The fraction of sp³-hybridized carbons (Fsp3) is 0.320. The maximum absolute atomic E-state index is 10.6. The van der Waals surface area contributed by atoms with Gasteiger partial charge in [0, 0.05) is 12.3 Å². The minimum absolute atomic E-state index is 0.0724. The predicted molar refractivity (Wildman–Crippen MR) is 133 cm³/mol. The Hall–Kier alpha value is -3.07. The van der Waals surface area contributed by atoms with Crippen molar-refractivity contribution in [3.8, 4) is 10.6 Å². The van der Waals surface area contributed by atoms with Gasteiger partial charge in [-0.05, 0) is 62.4 Å². The van der Waals surface area contributed by atoms with Gasteiger partial charge in [-0.2, -0.15) is 4.98 Å². The zero-order chi connectivity index (χ0) is 22.9. The van der Waals surface area contributed by atoms with E-state index in [2.05, 4.69) is 16.7 Å². The first-order valence-electron chi connectivity index (χ1n) is 11.1. The van der Waals surface area contributed by atoms with Crippen LogP contribution < -0.4 is 10.6 Å². The van der Waals surface area contributed by atoms with Crippen LogP contribution in [0.5, 0.6) is 0 Å².